The summed E-state index contributed by atoms with van der Waals surface area (Å²) in [5.74, 6) is 0.312. The van der Waals surface area contributed by atoms with Gasteiger partial charge >= 0.3 is 0 Å². The first-order chi connectivity index (χ1) is 7.68. The van der Waals surface area contributed by atoms with Crippen molar-refractivity contribution in [1.29, 1.82) is 0 Å². The van der Waals surface area contributed by atoms with E-state index in [-0.39, 0.29) is 11.6 Å². The third kappa shape index (κ3) is 1.35. The summed E-state index contributed by atoms with van der Waals surface area (Å²) in [6.07, 6.45) is 2.04. The minimum atomic E-state index is -0.0358. The Morgan fingerprint density at radius 3 is 2.88 bits per heavy atom. The second-order valence-electron chi connectivity index (χ2n) is 4.01. The molecule has 0 unspecified atom stereocenters. The highest BCUT2D eigenvalue weighted by molar-refractivity contribution is 9.10. The molecule has 2 N–H and O–H groups in total. The van der Waals surface area contributed by atoms with Crippen LogP contribution in [0.1, 0.15) is 18.9 Å². The SMILES string of the molecule is Nc1nc2c(Br)cccc2c(=O)n1C1CC1. The molecule has 1 aliphatic rings. The average Bonchev–Trinajstić information content (AvgIpc) is 3.04. The molecular weight excluding hydrogens is 270 g/mol. The van der Waals surface area contributed by atoms with E-state index in [1.54, 1.807) is 10.6 Å². The number of nitrogens with zero attached hydrogens (tertiary/aromatic N) is 2. The minimum Gasteiger partial charge on any atom is -0.369 e. The normalized spacial score (nSPS) is 15.6. The van der Waals surface area contributed by atoms with Crippen LogP contribution in [0, 0.1) is 0 Å². The maximum absolute atomic E-state index is 12.2. The van der Waals surface area contributed by atoms with Crippen LogP contribution in [0.5, 0.6) is 0 Å². The quantitative estimate of drug-likeness (QED) is 0.870. The van der Waals surface area contributed by atoms with Crippen LogP contribution >= 0.6 is 15.9 Å². The molecule has 1 aliphatic carbocycles. The summed E-state index contributed by atoms with van der Waals surface area (Å²) in [5, 5.41) is 0.621. The zero-order valence-electron chi connectivity index (χ0n) is 8.48. The topological polar surface area (TPSA) is 60.9 Å². The highest BCUT2D eigenvalue weighted by atomic mass is 79.9. The van der Waals surface area contributed by atoms with E-state index in [0.717, 1.165) is 17.3 Å². The molecule has 3 rings (SSSR count). The first-order valence-electron chi connectivity index (χ1n) is 5.14. The molecule has 1 aromatic carbocycles. The lowest BCUT2D eigenvalue weighted by Crippen LogP contribution is -2.23. The summed E-state index contributed by atoms with van der Waals surface area (Å²) in [6.45, 7) is 0. The van der Waals surface area contributed by atoms with E-state index in [9.17, 15) is 4.79 Å². The number of halogens is 1. The summed E-state index contributed by atoms with van der Waals surface area (Å²) in [5.41, 5.74) is 6.43. The van der Waals surface area contributed by atoms with E-state index in [0.29, 0.717) is 16.9 Å². The number of nitrogens with two attached hydrogens (primary N) is 1. The van der Waals surface area contributed by atoms with E-state index >= 15 is 0 Å². The van der Waals surface area contributed by atoms with Gasteiger partial charge in [-0.2, -0.15) is 0 Å². The predicted octanol–water partition coefficient (Wildman–Crippen LogP) is 2.08. The molecule has 1 fully saturated rings. The Bertz CT molecular complexity index is 631. The average molecular weight is 280 g/mol. The van der Waals surface area contributed by atoms with Crippen molar-refractivity contribution in [2.75, 3.05) is 5.73 Å². The predicted molar refractivity (Wildman–Crippen MR) is 66.4 cm³/mol. The summed E-state index contributed by atoms with van der Waals surface area (Å²) >= 11 is 3.38. The van der Waals surface area contributed by atoms with Gasteiger partial charge in [-0.05, 0) is 40.9 Å². The lowest BCUT2D eigenvalue weighted by atomic mass is 10.2. The Labute approximate surface area is 100 Å². The molecule has 0 aliphatic heterocycles. The van der Waals surface area contributed by atoms with E-state index in [4.69, 9.17) is 5.73 Å². The van der Waals surface area contributed by atoms with E-state index < -0.39 is 0 Å². The second-order valence-corrected chi connectivity index (χ2v) is 4.87. The van der Waals surface area contributed by atoms with Gasteiger partial charge in [0, 0.05) is 10.5 Å². The lowest BCUT2D eigenvalue weighted by molar-refractivity contribution is 0.712. The van der Waals surface area contributed by atoms with Crippen LogP contribution in [0.25, 0.3) is 10.9 Å². The first-order valence-corrected chi connectivity index (χ1v) is 5.94. The van der Waals surface area contributed by atoms with Gasteiger partial charge in [-0.25, -0.2) is 4.98 Å². The van der Waals surface area contributed by atoms with Crippen LogP contribution in [-0.2, 0) is 0 Å². The molecule has 5 heteroatoms. The van der Waals surface area contributed by atoms with Crippen LogP contribution in [0.4, 0.5) is 5.95 Å². The lowest BCUT2D eigenvalue weighted by Gasteiger charge is -2.09. The Morgan fingerprint density at radius 1 is 1.44 bits per heavy atom. The fraction of sp³-hybridized carbons (Fsp3) is 0.273. The van der Waals surface area contributed by atoms with Crippen molar-refractivity contribution < 1.29 is 0 Å². The fourth-order valence-corrected chi connectivity index (χ4v) is 2.34. The third-order valence-electron chi connectivity index (χ3n) is 2.82. The number of hydrogen-bond acceptors (Lipinski definition) is 3. The van der Waals surface area contributed by atoms with Crippen molar-refractivity contribution >= 4 is 32.8 Å². The highest BCUT2D eigenvalue weighted by Gasteiger charge is 2.27. The van der Waals surface area contributed by atoms with Gasteiger partial charge in [0.25, 0.3) is 5.56 Å². The smallest absolute Gasteiger partial charge is 0.263 e. The molecule has 1 heterocycles. The van der Waals surface area contributed by atoms with Crippen molar-refractivity contribution in [3.05, 3.63) is 33.0 Å². The molecule has 0 atom stereocenters. The van der Waals surface area contributed by atoms with Crippen LogP contribution < -0.4 is 11.3 Å². The largest absolute Gasteiger partial charge is 0.369 e. The molecule has 0 amide bonds. The molecule has 0 saturated heterocycles. The number of hydrogen-bond donors (Lipinski definition) is 1. The van der Waals surface area contributed by atoms with Gasteiger partial charge in [-0.15, -0.1) is 0 Å². The van der Waals surface area contributed by atoms with Gasteiger partial charge in [0.05, 0.1) is 10.9 Å². The van der Waals surface area contributed by atoms with Gasteiger partial charge in [0.15, 0.2) is 0 Å². The molecule has 16 heavy (non-hydrogen) atoms. The van der Waals surface area contributed by atoms with Crippen molar-refractivity contribution in [2.45, 2.75) is 18.9 Å². The minimum absolute atomic E-state index is 0.0358. The number of benzene rings is 1. The molecule has 0 bridgehead atoms. The van der Waals surface area contributed by atoms with Gasteiger partial charge in [0.1, 0.15) is 0 Å². The Kier molecular flexibility index (Phi) is 2.04. The number of anilines is 1. The van der Waals surface area contributed by atoms with Gasteiger partial charge in [0.2, 0.25) is 5.95 Å². The monoisotopic (exact) mass is 279 g/mol. The van der Waals surface area contributed by atoms with Crippen LogP contribution in [0.3, 0.4) is 0 Å². The summed E-state index contributed by atoms with van der Waals surface area (Å²) in [6, 6.07) is 5.73. The van der Waals surface area contributed by atoms with E-state index in [1.807, 2.05) is 12.1 Å². The molecule has 1 aromatic heterocycles. The molecular formula is C11H10BrN3O. The third-order valence-corrected chi connectivity index (χ3v) is 3.46. The number of aromatic nitrogens is 2. The zero-order chi connectivity index (χ0) is 11.3. The number of nitrogen functional groups attached to an aromatic ring is 1. The van der Waals surface area contributed by atoms with Crippen molar-refractivity contribution in [3.63, 3.8) is 0 Å². The van der Waals surface area contributed by atoms with Gasteiger partial charge in [-0.3, -0.25) is 9.36 Å². The van der Waals surface area contributed by atoms with Crippen molar-refractivity contribution in [2.24, 2.45) is 0 Å². The Balaban J connectivity index is 2.43. The first kappa shape index (κ1) is 9.84. The number of rotatable bonds is 1. The standard InChI is InChI=1S/C11H10BrN3O/c12-8-3-1-2-7-9(8)14-11(13)15(10(7)16)6-4-5-6/h1-3,6H,4-5H2,(H2,13,14). The Hall–Kier alpha value is -1.36. The zero-order valence-corrected chi connectivity index (χ0v) is 10.1. The summed E-state index contributed by atoms with van der Waals surface area (Å²) in [7, 11) is 0. The Morgan fingerprint density at radius 2 is 2.19 bits per heavy atom. The molecule has 0 spiro atoms. The summed E-state index contributed by atoms with van der Waals surface area (Å²) < 4.78 is 2.41. The maximum Gasteiger partial charge on any atom is 0.263 e. The number of para-hydroxylation sites is 1. The van der Waals surface area contributed by atoms with Crippen molar-refractivity contribution in [3.8, 4) is 0 Å². The maximum atomic E-state index is 12.2. The van der Waals surface area contributed by atoms with E-state index in [2.05, 4.69) is 20.9 Å². The molecule has 4 nitrogen and oxygen atoms in total. The fourth-order valence-electron chi connectivity index (χ4n) is 1.89. The van der Waals surface area contributed by atoms with Crippen LogP contribution in [0.15, 0.2) is 27.5 Å². The molecule has 82 valence electrons. The molecule has 0 radical (unpaired) electrons. The van der Waals surface area contributed by atoms with Crippen LogP contribution in [0.2, 0.25) is 0 Å². The van der Waals surface area contributed by atoms with Crippen molar-refractivity contribution in [1.82, 2.24) is 9.55 Å². The van der Waals surface area contributed by atoms with Crippen LogP contribution in [-0.4, -0.2) is 9.55 Å². The summed E-state index contributed by atoms with van der Waals surface area (Å²) in [4.78, 5) is 16.5. The van der Waals surface area contributed by atoms with E-state index in [1.165, 1.54) is 0 Å². The van der Waals surface area contributed by atoms with Gasteiger partial charge in [-0.1, -0.05) is 6.07 Å². The van der Waals surface area contributed by atoms with Gasteiger partial charge < -0.3 is 5.73 Å². The molecule has 2 aromatic rings. The molecule has 1 saturated carbocycles. The second kappa shape index (κ2) is 3.31. The number of fused-ring (bicyclic) bond motifs is 1. The highest BCUT2D eigenvalue weighted by Crippen LogP contribution is 2.35.